The van der Waals surface area contributed by atoms with E-state index < -0.39 is 0 Å². The number of aromatic nitrogens is 1. The summed E-state index contributed by atoms with van der Waals surface area (Å²) < 4.78 is 0.829. The Bertz CT molecular complexity index is 1010. The van der Waals surface area contributed by atoms with Crippen LogP contribution in [-0.2, 0) is 6.54 Å². The number of H-pyrrole nitrogens is 1. The van der Waals surface area contributed by atoms with Crippen molar-refractivity contribution in [3.63, 3.8) is 0 Å². The van der Waals surface area contributed by atoms with Gasteiger partial charge in [0.1, 0.15) is 4.32 Å². The Morgan fingerprint density at radius 1 is 1.03 bits per heavy atom. The number of Topliss-reactive ketones (excluding diaryl/α,β-unsaturated/α-hetero) is 1. The molecule has 1 saturated heterocycles. The van der Waals surface area contributed by atoms with E-state index >= 15 is 0 Å². The van der Waals surface area contributed by atoms with E-state index in [9.17, 15) is 4.79 Å². The number of aromatic amines is 1. The van der Waals surface area contributed by atoms with Gasteiger partial charge in [-0.05, 0) is 18.6 Å². The zero-order valence-corrected chi connectivity index (χ0v) is 18.2. The van der Waals surface area contributed by atoms with E-state index in [1.165, 1.54) is 17.3 Å². The van der Waals surface area contributed by atoms with Crippen molar-refractivity contribution in [1.29, 1.82) is 0 Å². The summed E-state index contributed by atoms with van der Waals surface area (Å²) in [7, 11) is 0. The normalized spacial score (nSPS) is 15.0. The minimum Gasteiger partial charge on any atom is -0.358 e. The second-order valence-corrected chi connectivity index (χ2v) is 9.01. The molecule has 1 aliphatic heterocycles. The lowest BCUT2D eigenvalue weighted by atomic mass is 10.1. The first kappa shape index (κ1) is 20.1. The Kier molecular flexibility index (Phi) is 6.33. The topological polar surface area (TPSA) is 39.3 Å². The minimum absolute atomic E-state index is 0.134. The first-order valence-electron chi connectivity index (χ1n) is 9.90. The molecule has 1 N–H and O–H groups in total. The molecule has 3 aromatic rings. The molecule has 0 spiro atoms. The fourth-order valence-electron chi connectivity index (χ4n) is 3.86. The highest BCUT2D eigenvalue weighted by molar-refractivity contribution is 8.23. The van der Waals surface area contributed by atoms with Crippen molar-refractivity contribution in [1.82, 2.24) is 14.8 Å². The van der Waals surface area contributed by atoms with Gasteiger partial charge in [0.25, 0.3) is 0 Å². The summed E-state index contributed by atoms with van der Waals surface area (Å²) in [6, 6.07) is 18.5. The van der Waals surface area contributed by atoms with E-state index in [1.807, 2.05) is 31.2 Å². The number of piperazine rings is 1. The lowest BCUT2D eigenvalue weighted by Gasteiger charge is -2.35. The largest absolute Gasteiger partial charge is 0.358 e. The number of nitrogens with zero attached hydrogens (tertiary/aromatic N) is 2. The summed E-state index contributed by atoms with van der Waals surface area (Å²) in [6.45, 7) is 6.75. The van der Waals surface area contributed by atoms with Crippen LogP contribution in [0.2, 0.25) is 0 Å². The van der Waals surface area contributed by atoms with Gasteiger partial charge in [0.05, 0.1) is 5.75 Å². The maximum atomic E-state index is 12.9. The molecule has 29 heavy (non-hydrogen) atoms. The third-order valence-electron chi connectivity index (χ3n) is 5.38. The first-order valence-corrected chi connectivity index (χ1v) is 11.3. The molecule has 2 aromatic carbocycles. The smallest absolute Gasteiger partial charge is 0.175 e. The van der Waals surface area contributed by atoms with E-state index in [2.05, 4.69) is 45.1 Å². The summed E-state index contributed by atoms with van der Waals surface area (Å²) in [5.41, 5.74) is 4.08. The molecule has 0 atom stereocenters. The highest BCUT2D eigenvalue weighted by atomic mass is 32.2. The lowest BCUT2D eigenvalue weighted by molar-refractivity contribution is 0.102. The van der Waals surface area contributed by atoms with Gasteiger partial charge in [-0.2, -0.15) is 0 Å². The molecular weight excluding hydrogens is 398 g/mol. The third-order valence-corrected chi connectivity index (χ3v) is 6.90. The molecule has 0 aliphatic carbocycles. The van der Waals surface area contributed by atoms with Gasteiger partial charge in [-0.3, -0.25) is 9.69 Å². The Hall–Kier alpha value is -2.15. The summed E-state index contributed by atoms with van der Waals surface area (Å²) in [5, 5.41) is 0.996. The standard InChI is InChI=1S/C23H25N3OS2/c1-17-22(19-9-5-6-10-20(19)24-17)21(27)16-29-23(28)26-13-11-25(12-14-26)15-18-7-3-2-4-8-18/h2-10,24H,11-16H2,1H3. The average Bonchev–Trinajstić information content (AvgIpc) is 3.09. The van der Waals surface area contributed by atoms with Gasteiger partial charge in [-0.1, -0.05) is 72.5 Å². The van der Waals surface area contributed by atoms with Gasteiger partial charge < -0.3 is 9.88 Å². The van der Waals surface area contributed by atoms with Crippen LogP contribution in [0.5, 0.6) is 0 Å². The number of hydrogen-bond donors (Lipinski definition) is 1. The number of carbonyl (C=O) groups excluding carboxylic acids is 1. The van der Waals surface area contributed by atoms with Crippen molar-refractivity contribution >= 4 is 45.0 Å². The van der Waals surface area contributed by atoms with E-state index in [0.29, 0.717) is 5.75 Å². The number of nitrogens with one attached hydrogen (secondary N) is 1. The van der Waals surface area contributed by atoms with Crippen molar-refractivity contribution in [3.8, 4) is 0 Å². The fourth-order valence-corrected chi connectivity index (χ4v) is 4.98. The number of ketones is 1. The molecule has 2 heterocycles. The van der Waals surface area contributed by atoms with Crippen LogP contribution in [0, 0.1) is 6.92 Å². The molecule has 0 unspecified atom stereocenters. The van der Waals surface area contributed by atoms with Crippen LogP contribution in [0.3, 0.4) is 0 Å². The molecule has 0 amide bonds. The zero-order valence-electron chi connectivity index (χ0n) is 16.6. The zero-order chi connectivity index (χ0) is 20.2. The minimum atomic E-state index is 0.134. The molecule has 1 fully saturated rings. The summed E-state index contributed by atoms with van der Waals surface area (Å²) >= 11 is 7.12. The monoisotopic (exact) mass is 423 g/mol. The van der Waals surface area contributed by atoms with Crippen LogP contribution in [0.1, 0.15) is 21.6 Å². The van der Waals surface area contributed by atoms with Crippen LogP contribution in [0.15, 0.2) is 54.6 Å². The van der Waals surface area contributed by atoms with Crippen LogP contribution in [0.25, 0.3) is 10.9 Å². The molecule has 0 saturated carbocycles. The van der Waals surface area contributed by atoms with Crippen LogP contribution < -0.4 is 0 Å². The van der Waals surface area contributed by atoms with Gasteiger partial charge in [0, 0.05) is 54.9 Å². The highest BCUT2D eigenvalue weighted by Crippen LogP contribution is 2.24. The maximum Gasteiger partial charge on any atom is 0.175 e. The van der Waals surface area contributed by atoms with Gasteiger partial charge >= 0.3 is 0 Å². The predicted octanol–water partition coefficient (Wildman–Crippen LogP) is 4.49. The van der Waals surface area contributed by atoms with Crippen molar-refractivity contribution in [2.75, 3.05) is 31.9 Å². The number of thioether (sulfide) groups is 1. The number of para-hydroxylation sites is 1. The van der Waals surface area contributed by atoms with Gasteiger partial charge in [0.2, 0.25) is 0 Å². The first-order chi connectivity index (χ1) is 14.1. The van der Waals surface area contributed by atoms with Crippen LogP contribution in [0.4, 0.5) is 0 Å². The predicted molar refractivity (Wildman–Crippen MR) is 126 cm³/mol. The van der Waals surface area contributed by atoms with E-state index in [1.54, 1.807) is 0 Å². The number of carbonyl (C=O) groups is 1. The number of hydrogen-bond acceptors (Lipinski definition) is 4. The van der Waals surface area contributed by atoms with E-state index in [-0.39, 0.29) is 5.78 Å². The second-order valence-electron chi connectivity index (χ2n) is 7.40. The Labute approximate surface area is 181 Å². The van der Waals surface area contributed by atoms with Gasteiger partial charge in [-0.25, -0.2) is 0 Å². The molecule has 0 radical (unpaired) electrons. The van der Waals surface area contributed by atoms with Crippen molar-refractivity contribution in [2.24, 2.45) is 0 Å². The number of thiocarbonyl (C=S) groups is 1. The Morgan fingerprint density at radius 3 is 2.48 bits per heavy atom. The van der Waals surface area contributed by atoms with Gasteiger partial charge in [-0.15, -0.1) is 0 Å². The number of rotatable bonds is 5. The molecule has 150 valence electrons. The SMILES string of the molecule is Cc1[nH]c2ccccc2c1C(=O)CSC(=S)N1CCN(Cc2ccccc2)CC1. The average molecular weight is 424 g/mol. The molecule has 4 rings (SSSR count). The third kappa shape index (κ3) is 4.71. The second kappa shape index (κ2) is 9.11. The Morgan fingerprint density at radius 2 is 1.72 bits per heavy atom. The highest BCUT2D eigenvalue weighted by Gasteiger charge is 2.21. The number of benzene rings is 2. The molecule has 1 aromatic heterocycles. The lowest BCUT2D eigenvalue weighted by Crippen LogP contribution is -2.47. The quantitative estimate of drug-likeness (QED) is 0.483. The summed E-state index contributed by atoms with van der Waals surface area (Å²) in [6.07, 6.45) is 0. The number of aryl methyl sites for hydroxylation is 1. The van der Waals surface area contributed by atoms with E-state index in [0.717, 1.165) is 59.2 Å². The molecule has 6 heteroatoms. The van der Waals surface area contributed by atoms with Crippen molar-refractivity contribution < 1.29 is 4.79 Å². The van der Waals surface area contributed by atoms with Crippen LogP contribution in [-0.4, -0.2) is 56.8 Å². The molecule has 1 aliphatic rings. The summed E-state index contributed by atoms with van der Waals surface area (Å²) in [4.78, 5) is 20.9. The molecular formula is C23H25N3OS2. The van der Waals surface area contributed by atoms with Crippen LogP contribution >= 0.6 is 24.0 Å². The maximum absolute atomic E-state index is 12.9. The molecule has 0 bridgehead atoms. The Balaban J connectivity index is 1.29. The van der Waals surface area contributed by atoms with Crippen molar-refractivity contribution in [3.05, 3.63) is 71.4 Å². The van der Waals surface area contributed by atoms with Gasteiger partial charge in [0.15, 0.2) is 5.78 Å². The fraction of sp³-hybridized carbons (Fsp3) is 0.304. The van der Waals surface area contributed by atoms with Crippen molar-refractivity contribution in [2.45, 2.75) is 13.5 Å². The van der Waals surface area contributed by atoms with E-state index in [4.69, 9.17) is 12.2 Å². The summed E-state index contributed by atoms with van der Waals surface area (Å²) in [5.74, 6) is 0.515. The molecule has 4 nitrogen and oxygen atoms in total. The number of fused-ring (bicyclic) bond motifs is 1.